The van der Waals surface area contributed by atoms with Gasteiger partial charge in [-0.15, -0.1) is 0 Å². The van der Waals surface area contributed by atoms with Crippen molar-refractivity contribution in [3.05, 3.63) is 65.2 Å². The SMILES string of the molecule is CCCC[C@@H](CC(=O)NOCc1ccccc1)NC(=O)NS(=O)(=O)c1ccc(Cl)cc1. The van der Waals surface area contributed by atoms with E-state index < -0.39 is 28.0 Å². The largest absolute Gasteiger partial charge is 0.334 e. The summed E-state index contributed by atoms with van der Waals surface area (Å²) in [6.45, 7) is 2.19. The molecule has 3 N–H and O–H groups in total. The van der Waals surface area contributed by atoms with E-state index in [2.05, 4.69) is 10.8 Å². The number of hydrogen-bond acceptors (Lipinski definition) is 5. The lowest BCUT2D eigenvalue weighted by atomic mass is 10.1. The number of carbonyl (C=O) groups is 2. The molecule has 3 amide bonds. The van der Waals surface area contributed by atoms with Crippen LogP contribution in [-0.2, 0) is 26.3 Å². The maximum atomic E-state index is 12.3. The number of carbonyl (C=O) groups excluding carboxylic acids is 2. The molecular weight excluding hydrogens is 442 g/mol. The average molecular weight is 468 g/mol. The van der Waals surface area contributed by atoms with Crippen molar-refractivity contribution in [3.8, 4) is 0 Å². The molecule has 0 spiro atoms. The zero-order valence-electron chi connectivity index (χ0n) is 17.1. The summed E-state index contributed by atoms with van der Waals surface area (Å²) in [7, 11) is -4.06. The molecule has 0 saturated heterocycles. The minimum Gasteiger partial charge on any atom is -0.334 e. The van der Waals surface area contributed by atoms with Crippen LogP contribution in [0.3, 0.4) is 0 Å². The van der Waals surface area contributed by atoms with Crippen LogP contribution in [0.5, 0.6) is 0 Å². The number of urea groups is 1. The molecule has 0 radical (unpaired) electrons. The summed E-state index contributed by atoms with van der Waals surface area (Å²) in [5, 5.41) is 2.93. The molecule has 0 saturated carbocycles. The fourth-order valence-electron chi connectivity index (χ4n) is 2.72. The van der Waals surface area contributed by atoms with Crippen LogP contribution in [-0.4, -0.2) is 26.4 Å². The molecule has 2 aromatic rings. The van der Waals surface area contributed by atoms with E-state index in [1.54, 1.807) is 0 Å². The predicted molar refractivity (Wildman–Crippen MR) is 118 cm³/mol. The van der Waals surface area contributed by atoms with Crippen LogP contribution in [0, 0.1) is 0 Å². The van der Waals surface area contributed by atoms with Crippen LogP contribution in [0.15, 0.2) is 59.5 Å². The van der Waals surface area contributed by atoms with E-state index >= 15 is 0 Å². The van der Waals surface area contributed by atoms with Gasteiger partial charge in [0.25, 0.3) is 10.0 Å². The molecular formula is C21H26ClN3O5S. The van der Waals surface area contributed by atoms with Crippen molar-refractivity contribution in [2.24, 2.45) is 0 Å². The lowest BCUT2D eigenvalue weighted by Crippen LogP contribution is -2.46. The van der Waals surface area contributed by atoms with E-state index in [-0.39, 0.29) is 17.9 Å². The molecule has 0 aliphatic heterocycles. The normalized spacial score (nSPS) is 12.1. The minimum atomic E-state index is -4.06. The first-order valence-electron chi connectivity index (χ1n) is 9.83. The molecule has 10 heteroatoms. The molecule has 2 aromatic carbocycles. The number of halogens is 1. The summed E-state index contributed by atoms with van der Waals surface area (Å²) in [4.78, 5) is 29.6. The van der Waals surface area contributed by atoms with Crippen molar-refractivity contribution in [2.75, 3.05) is 0 Å². The van der Waals surface area contributed by atoms with Crippen LogP contribution >= 0.6 is 11.6 Å². The van der Waals surface area contributed by atoms with Gasteiger partial charge in [-0.3, -0.25) is 9.63 Å². The number of amides is 3. The Morgan fingerprint density at radius 3 is 2.39 bits per heavy atom. The molecule has 0 bridgehead atoms. The van der Waals surface area contributed by atoms with Crippen molar-refractivity contribution in [2.45, 2.75) is 50.2 Å². The number of hydrogen-bond donors (Lipinski definition) is 3. The number of hydroxylamine groups is 1. The number of unbranched alkanes of at least 4 members (excludes halogenated alkanes) is 1. The molecule has 0 unspecified atom stereocenters. The second-order valence-electron chi connectivity index (χ2n) is 6.88. The Balaban J connectivity index is 1.88. The quantitative estimate of drug-likeness (QED) is 0.437. The van der Waals surface area contributed by atoms with Crippen LogP contribution in [0.2, 0.25) is 5.02 Å². The Morgan fingerprint density at radius 1 is 1.06 bits per heavy atom. The first-order chi connectivity index (χ1) is 14.8. The lowest BCUT2D eigenvalue weighted by Gasteiger charge is -2.18. The highest BCUT2D eigenvalue weighted by atomic mass is 35.5. The number of benzene rings is 2. The van der Waals surface area contributed by atoms with Gasteiger partial charge >= 0.3 is 6.03 Å². The zero-order valence-corrected chi connectivity index (χ0v) is 18.7. The minimum absolute atomic E-state index is 0.0524. The lowest BCUT2D eigenvalue weighted by molar-refractivity contribution is -0.135. The van der Waals surface area contributed by atoms with E-state index in [1.165, 1.54) is 24.3 Å². The molecule has 31 heavy (non-hydrogen) atoms. The Kier molecular flexibility index (Phi) is 9.77. The van der Waals surface area contributed by atoms with Gasteiger partial charge in [-0.2, -0.15) is 0 Å². The van der Waals surface area contributed by atoms with Gasteiger partial charge in [-0.05, 0) is 36.2 Å². The monoisotopic (exact) mass is 467 g/mol. The van der Waals surface area contributed by atoms with Gasteiger partial charge in [-0.25, -0.2) is 23.4 Å². The fraction of sp³-hybridized carbons (Fsp3) is 0.333. The first-order valence-corrected chi connectivity index (χ1v) is 11.7. The molecule has 0 aromatic heterocycles. The van der Waals surface area contributed by atoms with Crippen LogP contribution in [0.25, 0.3) is 0 Å². The van der Waals surface area contributed by atoms with Crippen molar-refractivity contribution in [1.82, 2.24) is 15.5 Å². The molecule has 168 valence electrons. The Labute approximate surface area is 187 Å². The van der Waals surface area contributed by atoms with E-state index in [9.17, 15) is 18.0 Å². The van der Waals surface area contributed by atoms with Crippen molar-refractivity contribution in [3.63, 3.8) is 0 Å². The molecule has 2 rings (SSSR count). The number of nitrogens with one attached hydrogen (secondary N) is 3. The van der Waals surface area contributed by atoms with Gasteiger partial charge in [0, 0.05) is 17.5 Å². The third-order valence-corrected chi connectivity index (χ3v) is 5.89. The van der Waals surface area contributed by atoms with Crippen molar-refractivity contribution < 1.29 is 22.8 Å². The van der Waals surface area contributed by atoms with Gasteiger partial charge in [0.05, 0.1) is 11.5 Å². The smallest absolute Gasteiger partial charge is 0.328 e. The van der Waals surface area contributed by atoms with E-state index in [0.717, 1.165) is 18.4 Å². The number of sulfonamides is 1. The maximum absolute atomic E-state index is 12.3. The van der Waals surface area contributed by atoms with Crippen LogP contribution in [0.1, 0.15) is 38.2 Å². The van der Waals surface area contributed by atoms with Gasteiger partial charge < -0.3 is 5.32 Å². The van der Waals surface area contributed by atoms with E-state index in [0.29, 0.717) is 11.4 Å². The van der Waals surface area contributed by atoms with E-state index in [4.69, 9.17) is 16.4 Å². The summed E-state index contributed by atoms with van der Waals surface area (Å²) in [5.41, 5.74) is 3.25. The Bertz CT molecular complexity index is 953. The second kappa shape index (κ2) is 12.3. The molecule has 1 atom stereocenters. The Morgan fingerprint density at radius 2 is 1.74 bits per heavy atom. The summed E-state index contributed by atoms with van der Waals surface area (Å²) >= 11 is 5.76. The van der Waals surface area contributed by atoms with Crippen LogP contribution < -0.4 is 15.5 Å². The van der Waals surface area contributed by atoms with Crippen molar-refractivity contribution >= 4 is 33.6 Å². The van der Waals surface area contributed by atoms with Gasteiger partial charge in [-0.1, -0.05) is 61.7 Å². The summed E-state index contributed by atoms with van der Waals surface area (Å²) in [6, 6.07) is 13.3. The number of rotatable bonds is 11. The van der Waals surface area contributed by atoms with E-state index in [1.807, 2.05) is 42.0 Å². The summed E-state index contributed by atoms with van der Waals surface area (Å²) in [6.07, 6.45) is 2.07. The highest BCUT2D eigenvalue weighted by molar-refractivity contribution is 7.90. The van der Waals surface area contributed by atoms with Crippen molar-refractivity contribution in [1.29, 1.82) is 0 Å². The molecule has 0 aliphatic rings. The van der Waals surface area contributed by atoms with Gasteiger partial charge in [0.15, 0.2) is 0 Å². The Hall–Kier alpha value is -2.62. The topological polar surface area (TPSA) is 114 Å². The third-order valence-electron chi connectivity index (χ3n) is 4.29. The summed E-state index contributed by atoms with van der Waals surface area (Å²) in [5.74, 6) is -0.419. The van der Waals surface area contributed by atoms with Crippen LogP contribution in [0.4, 0.5) is 4.79 Å². The molecule has 8 nitrogen and oxygen atoms in total. The maximum Gasteiger partial charge on any atom is 0.328 e. The van der Waals surface area contributed by atoms with Gasteiger partial charge in [0.1, 0.15) is 0 Å². The molecule has 0 aliphatic carbocycles. The standard InChI is InChI=1S/C21H26ClN3O5S/c1-2-3-9-18(14-20(26)24-30-15-16-7-5-4-6-8-16)23-21(27)25-31(28,29)19-12-10-17(22)11-13-19/h4-8,10-13,18H,2-3,9,14-15H2,1H3,(H,24,26)(H2,23,25,27)/t18-/m0/s1. The first kappa shape index (κ1) is 24.6. The average Bonchev–Trinajstić information content (AvgIpc) is 2.72. The zero-order chi connectivity index (χ0) is 22.7. The summed E-state index contributed by atoms with van der Waals surface area (Å²) < 4.78 is 26.6. The molecule has 0 fully saturated rings. The van der Waals surface area contributed by atoms with Gasteiger partial charge in [0.2, 0.25) is 5.91 Å². The highest BCUT2D eigenvalue weighted by Crippen LogP contribution is 2.14. The predicted octanol–water partition coefficient (Wildman–Crippen LogP) is 3.52. The third kappa shape index (κ3) is 8.95. The fourth-order valence-corrected chi connectivity index (χ4v) is 3.77. The highest BCUT2D eigenvalue weighted by Gasteiger charge is 2.21. The second-order valence-corrected chi connectivity index (χ2v) is 8.99. The molecule has 0 heterocycles.